The molecule has 0 bridgehead atoms. The van der Waals surface area contributed by atoms with Crippen LogP contribution in [0.5, 0.6) is 5.75 Å². The lowest BCUT2D eigenvalue weighted by Crippen LogP contribution is -2.34. The van der Waals surface area contributed by atoms with Crippen molar-refractivity contribution in [2.24, 2.45) is 0 Å². The molecule has 1 amide bonds. The summed E-state index contributed by atoms with van der Waals surface area (Å²) >= 11 is 0. The smallest absolute Gasteiger partial charge is 0.416 e. The van der Waals surface area contributed by atoms with E-state index in [9.17, 15) is 32.3 Å². The minimum atomic E-state index is -4.69. The second-order valence-corrected chi connectivity index (χ2v) is 7.52. The van der Waals surface area contributed by atoms with E-state index < -0.39 is 40.8 Å². The number of hydrogen-bond donors (Lipinski definition) is 2. The maximum Gasteiger partial charge on any atom is 0.416 e. The van der Waals surface area contributed by atoms with Gasteiger partial charge in [-0.2, -0.15) is 13.2 Å². The first-order valence-corrected chi connectivity index (χ1v) is 9.11. The van der Waals surface area contributed by atoms with E-state index in [0.717, 1.165) is 12.1 Å². The maximum absolute atomic E-state index is 14.2. The Morgan fingerprint density at radius 3 is 2.32 bits per heavy atom. The Labute approximate surface area is 175 Å². The molecule has 0 heterocycles. The largest absolute Gasteiger partial charge is 0.492 e. The van der Waals surface area contributed by atoms with E-state index in [0.29, 0.717) is 18.2 Å². The highest BCUT2D eigenvalue weighted by atomic mass is 19.4. The average molecular weight is 443 g/mol. The van der Waals surface area contributed by atoms with Crippen LogP contribution in [-0.4, -0.2) is 35.9 Å². The minimum absolute atomic E-state index is 0.0134. The summed E-state index contributed by atoms with van der Waals surface area (Å²) in [7, 11) is 0. The fourth-order valence-electron chi connectivity index (χ4n) is 2.52. The number of benzene rings is 2. The van der Waals surface area contributed by atoms with Crippen molar-refractivity contribution in [1.82, 2.24) is 5.32 Å². The Balaban J connectivity index is 2.22. The van der Waals surface area contributed by atoms with E-state index in [2.05, 4.69) is 5.32 Å². The summed E-state index contributed by atoms with van der Waals surface area (Å²) in [5.74, 6) is -2.34. The van der Waals surface area contributed by atoms with Crippen LogP contribution in [0, 0.1) is 5.82 Å². The number of carboxylic acids is 1. The zero-order valence-corrected chi connectivity index (χ0v) is 17.0. The van der Waals surface area contributed by atoms with Crippen LogP contribution in [0.2, 0.25) is 0 Å². The number of carbonyl (C=O) groups excluding carboxylic acids is 1. The highest BCUT2D eigenvalue weighted by molar-refractivity contribution is 5.90. The van der Waals surface area contributed by atoms with Crippen molar-refractivity contribution in [2.75, 3.05) is 13.2 Å². The van der Waals surface area contributed by atoms with E-state index in [1.54, 1.807) is 20.8 Å². The Bertz CT molecular complexity index is 967. The van der Waals surface area contributed by atoms with E-state index in [1.165, 1.54) is 6.07 Å². The van der Waals surface area contributed by atoms with Crippen LogP contribution < -0.4 is 10.1 Å². The van der Waals surface area contributed by atoms with Gasteiger partial charge >= 0.3 is 18.2 Å². The Morgan fingerprint density at radius 1 is 1.06 bits per heavy atom. The molecule has 0 spiro atoms. The van der Waals surface area contributed by atoms with Gasteiger partial charge in [0.1, 0.15) is 23.8 Å². The molecular formula is C21H21F4NO5. The van der Waals surface area contributed by atoms with Gasteiger partial charge in [-0.3, -0.25) is 0 Å². The highest BCUT2D eigenvalue weighted by Gasteiger charge is 2.31. The lowest BCUT2D eigenvalue weighted by molar-refractivity contribution is -0.137. The molecule has 31 heavy (non-hydrogen) atoms. The summed E-state index contributed by atoms with van der Waals surface area (Å²) in [5.41, 5.74) is -2.59. The van der Waals surface area contributed by atoms with Gasteiger partial charge in [0.15, 0.2) is 0 Å². The number of alkyl carbamates (subject to hydrolysis) is 1. The van der Waals surface area contributed by atoms with Crippen LogP contribution in [0.4, 0.5) is 22.4 Å². The van der Waals surface area contributed by atoms with Crippen molar-refractivity contribution in [2.45, 2.75) is 32.5 Å². The molecule has 2 aromatic carbocycles. The topological polar surface area (TPSA) is 84.9 Å². The van der Waals surface area contributed by atoms with Gasteiger partial charge in [-0.15, -0.1) is 0 Å². The molecule has 2 N–H and O–H groups in total. The monoisotopic (exact) mass is 443 g/mol. The number of rotatable bonds is 6. The van der Waals surface area contributed by atoms with Crippen molar-refractivity contribution in [3.63, 3.8) is 0 Å². The number of nitrogens with one attached hydrogen (secondary N) is 1. The second kappa shape index (κ2) is 9.23. The first-order chi connectivity index (χ1) is 14.3. The minimum Gasteiger partial charge on any atom is -0.492 e. The Morgan fingerprint density at radius 2 is 1.74 bits per heavy atom. The number of amides is 1. The molecule has 0 radical (unpaired) electrons. The third kappa shape index (κ3) is 7.16. The summed E-state index contributed by atoms with van der Waals surface area (Å²) in [6, 6.07) is 5.27. The third-order valence-corrected chi connectivity index (χ3v) is 3.80. The van der Waals surface area contributed by atoms with E-state index in [1.807, 2.05) is 0 Å². The molecule has 0 aromatic heterocycles. The van der Waals surface area contributed by atoms with Crippen LogP contribution in [0.25, 0.3) is 11.1 Å². The van der Waals surface area contributed by atoms with Crippen molar-refractivity contribution >= 4 is 12.1 Å². The molecule has 6 nitrogen and oxygen atoms in total. The molecule has 0 atom stereocenters. The predicted molar refractivity (Wildman–Crippen MR) is 104 cm³/mol. The van der Waals surface area contributed by atoms with Crippen LogP contribution >= 0.6 is 0 Å². The molecule has 0 aliphatic heterocycles. The maximum atomic E-state index is 14.2. The Hall–Kier alpha value is -3.30. The van der Waals surface area contributed by atoms with Crippen LogP contribution in [-0.2, 0) is 10.9 Å². The molecule has 168 valence electrons. The summed E-state index contributed by atoms with van der Waals surface area (Å²) < 4.78 is 63.6. The van der Waals surface area contributed by atoms with Gasteiger partial charge in [-0.1, -0.05) is 0 Å². The number of carboxylic acid groups (broad SMARTS) is 1. The van der Waals surface area contributed by atoms with Crippen molar-refractivity contribution in [1.29, 1.82) is 0 Å². The summed E-state index contributed by atoms with van der Waals surface area (Å²) in [6.45, 7) is 4.99. The van der Waals surface area contributed by atoms with Gasteiger partial charge < -0.3 is 19.9 Å². The number of aromatic carboxylic acids is 1. The van der Waals surface area contributed by atoms with E-state index in [-0.39, 0.29) is 30.0 Å². The van der Waals surface area contributed by atoms with Crippen molar-refractivity contribution < 1.29 is 41.7 Å². The lowest BCUT2D eigenvalue weighted by Gasteiger charge is -2.19. The quantitative estimate of drug-likeness (QED) is 0.479. The first kappa shape index (κ1) is 24.0. The normalized spacial score (nSPS) is 11.7. The molecule has 0 saturated heterocycles. The molecule has 0 aliphatic rings. The number of ether oxygens (including phenoxy) is 2. The standard InChI is InChI=1S/C21H21F4NO5/c1-20(2,3)31-19(29)26-6-7-30-15-9-12(8-13(10-15)18(27)28)16-11-14(21(23,24)25)4-5-17(16)22/h4-5,8-11H,6-7H2,1-3H3,(H,26,29)(H,27,28). The molecule has 0 fully saturated rings. The summed E-state index contributed by atoms with van der Waals surface area (Å²) in [6.07, 6.45) is -5.37. The Kier molecular flexibility index (Phi) is 7.14. The SMILES string of the molecule is CC(C)(C)OC(=O)NCCOc1cc(C(=O)O)cc(-c2cc(C(F)(F)F)ccc2F)c1. The van der Waals surface area contributed by atoms with Gasteiger partial charge in [-0.25, -0.2) is 14.0 Å². The number of halogens is 4. The molecule has 2 aromatic rings. The van der Waals surface area contributed by atoms with Crippen LogP contribution in [0.1, 0.15) is 36.7 Å². The van der Waals surface area contributed by atoms with Gasteiger partial charge in [0.2, 0.25) is 0 Å². The van der Waals surface area contributed by atoms with Gasteiger partial charge in [0, 0.05) is 5.56 Å². The molecule has 10 heteroatoms. The zero-order chi connectivity index (χ0) is 23.4. The summed E-state index contributed by atoms with van der Waals surface area (Å²) in [4.78, 5) is 23.0. The zero-order valence-electron chi connectivity index (χ0n) is 17.0. The lowest BCUT2D eigenvalue weighted by atomic mass is 9.99. The van der Waals surface area contributed by atoms with Crippen LogP contribution in [0.15, 0.2) is 36.4 Å². The number of alkyl halides is 3. The fraction of sp³-hybridized carbons (Fsp3) is 0.333. The summed E-state index contributed by atoms with van der Waals surface area (Å²) in [5, 5.41) is 11.7. The number of carbonyl (C=O) groups is 2. The second-order valence-electron chi connectivity index (χ2n) is 7.52. The molecule has 0 aliphatic carbocycles. The first-order valence-electron chi connectivity index (χ1n) is 9.11. The third-order valence-electron chi connectivity index (χ3n) is 3.80. The van der Waals surface area contributed by atoms with Gasteiger partial charge in [-0.05, 0) is 62.7 Å². The highest BCUT2D eigenvalue weighted by Crippen LogP contribution is 2.35. The van der Waals surface area contributed by atoms with Gasteiger partial charge in [0.05, 0.1) is 17.7 Å². The number of hydrogen-bond acceptors (Lipinski definition) is 4. The van der Waals surface area contributed by atoms with Crippen molar-refractivity contribution in [3.8, 4) is 16.9 Å². The molecule has 0 unspecified atom stereocenters. The fourth-order valence-corrected chi connectivity index (χ4v) is 2.52. The predicted octanol–water partition coefficient (Wildman–Crippen LogP) is 5.11. The molecule has 2 rings (SSSR count). The molecular weight excluding hydrogens is 422 g/mol. The van der Waals surface area contributed by atoms with Crippen molar-refractivity contribution in [3.05, 3.63) is 53.3 Å². The molecule has 0 saturated carbocycles. The van der Waals surface area contributed by atoms with Gasteiger partial charge in [0.25, 0.3) is 0 Å². The van der Waals surface area contributed by atoms with E-state index in [4.69, 9.17) is 9.47 Å². The van der Waals surface area contributed by atoms with E-state index >= 15 is 0 Å². The van der Waals surface area contributed by atoms with Crippen LogP contribution in [0.3, 0.4) is 0 Å². The average Bonchev–Trinajstić information content (AvgIpc) is 2.63.